The molecular formula is C24H25N5. The van der Waals surface area contributed by atoms with Crippen LogP contribution in [0.2, 0.25) is 0 Å². The Morgan fingerprint density at radius 1 is 1.03 bits per heavy atom. The summed E-state index contributed by atoms with van der Waals surface area (Å²) in [4.78, 5) is 11.9. The molecule has 1 fully saturated rings. The van der Waals surface area contributed by atoms with E-state index in [2.05, 4.69) is 60.1 Å². The van der Waals surface area contributed by atoms with Crippen LogP contribution in [0.3, 0.4) is 0 Å². The summed E-state index contributed by atoms with van der Waals surface area (Å²) in [6, 6.07) is 18.8. The molecule has 3 aromatic heterocycles. The quantitative estimate of drug-likeness (QED) is 0.516. The zero-order chi connectivity index (χ0) is 19.8. The lowest BCUT2D eigenvalue weighted by Gasteiger charge is -2.21. The zero-order valence-electron chi connectivity index (χ0n) is 16.9. The summed E-state index contributed by atoms with van der Waals surface area (Å²) in [7, 11) is 0. The molecule has 0 spiro atoms. The van der Waals surface area contributed by atoms with Crippen molar-refractivity contribution in [2.45, 2.75) is 26.7 Å². The highest BCUT2D eigenvalue weighted by Crippen LogP contribution is 2.32. The normalized spacial score (nSPS) is 15.9. The van der Waals surface area contributed by atoms with Crippen molar-refractivity contribution in [3.8, 4) is 11.3 Å². The number of benzene rings is 1. The van der Waals surface area contributed by atoms with Gasteiger partial charge in [-0.05, 0) is 30.0 Å². The number of pyridine rings is 1. The Labute approximate surface area is 171 Å². The summed E-state index contributed by atoms with van der Waals surface area (Å²) in [5.41, 5.74) is 5.49. The maximum atomic E-state index is 4.98. The van der Waals surface area contributed by atoms with E-state index in [1.807, 2.05) is 28.9 Å². The third-order valence-corrected chi connectivity index (χ3v) is 5.67. The third-order valence-electron chi connectivity index (χ3n) is 5.67. The molecule has 0 bridgehead atoms. The van der Waals surface area contributed by atoms with Crippen molar-refractivity contribution in [3.05, 3.63) is 78.2 Å². The van der Waals surface area contributed by atoms with E-state index in [9.17, 15) is 0 Å². The van der Waals surface area contributed by atoms with Crippen molar-refractivity contribution >= 4 is 11.5 Å². The van der Waals surface area contributed by atoms with Crippen LogP contribution in [0.4, 0.5) is 5.82 Å². The fourth-order valence-corrected chi connectivity index (χ4v) is 4.11. The van der Waals surface area contributed by atoms with E-state index in [1.165, 1.54) is 6.42 Å². The molecule has 0 atom stereocenters. The van der Waals surface area contributed by atoms with E-state index in [1.54, 1.807) is 6.20 Å². The van der Waals surface area contributed by atoms with Gasteiger partial charge in [0.1, 0.15) is 5.82 Å². The Balaban J connectivity index is 1.49. The maximum absolute atomic E-state index is 4.98. The number of hydrogen-bond acceptors (Lipinski definition) is 4. The van der Waals surface area contributed by atoms with Crippen molar-refractivity contribution < 1.29 is 0 Å². The molecule has 0 N–H and O–H groups in total. The highest BCUT2D eigenvalue weighted by molar-refractivity contribution is 5.63. The average Bonchev–Trinajstić information content (AvgIpc) is 3.35. The predicted molar refractivity (Wildman–Crippen MR) is 116 cm³/mol. The summed E-state index contributed by atoms with van der Waals surface area (Å²) in [6.45, 7) is 6.78. The molecule has 0 unspecified atom stereocenters. The Bertz CT molecular complexity index is 1150. The fourth-order valence-electron chi connectivity index (χ4n) is 4.11. The molecule has 5 rings (SSSR count). The number of anilines is 1. The van der Waals surface area contributed by atoms with Gasteiger partial charge in [0.25, 0.3) is 0 Å². The van der Waals surface area contributed by atoms with Gasteiger partial charge in [0.2, 0.25) is 0 Å². The zero-order valence-corrected chi connectivity index (χ0v) is 16.9. The number of fused-ring (bicyclic) bond motifs is 1. The first-order valence-corrected chi connectivity index (χ1v) is 10.2. The molecule has 1 aliphatic rings. The molecule has 0 saturated carbocycles. The highest BCUT2D eigenvalue weighted by Gasteiger charge is 2.29. The van der Waals surface area contributed by atoms with Gasteiger partial charge < -0.3 is 4.90 Å². The minimum Gasteiger partial charge on any atom is -0.356 e. The Morgan fingerprint density at radius 2 is 1.90 bits per heavy atom. The average molecular weight is 383 g/mol. The van der Waals surface area contributed by atoms with Crippen LogP contribution in [0.5, 0.6) is 0 Å². The summed E-state index contributed by atoms with van der Waals surface area (Å²) >= 11 is 0. The molecule has 146 valence electrons. The van der Waals surface area contributed by atoms with Gasteiger partial charge in [0.15, 0.2) is 5.65 Å². The van der Waals surface area contributed by atoms with Crippen LogP contribution in [-0.2, 0) is 6.42 Å². The van der Waals surface area contributed by atoms with Gasteiger partial charge in [-0.15, -0.1) is 0 Å². The number of hydrogen-bond donors (Lipinski definition) is 0. The van der Waals surface area contributed by atoms with Gasteiger partial charge in [-0.25, -0.2) is 14.5 Å². The monoisotopic (exact) mass is 383 g/mol. The van der Waals surface area contributed by atoms with Gasteiger partial charge in [0, 0.05) is 48.7 Å². The van der Waals surface area contributed by atoms with Crippen LogP contribution in [0.1, 0.15) is 31.5 Å². The van der Waals surface area contributed by atoms with Crippen molar-refractivity contribution in [3.63, 3.8) is 0 Å². The molecule has 4 aromatic rings. The molecule has 1 aromatic carbocycles. The van der Waals surface area contributed by atoms with E-state index in [0.717, 1.165) is 53.5 Å². The lowest BCUT2D eigenvalue weighted by molar-refractivity contribution is 0.418. The molecule has 5 nitrogen and oxygen atoms in total. The standard InChI is InChI=1S/C24H25N5/c1-24(2)11-13-28(17-24)22-10-6-9-20(26-22)15-19-16-21(18-7-4-3-5-8-18)27-29-14-12-25-23(19)29/h3-10,12,14,16H,11,13,15,17H2,1-2H3. The molecular weight excluding hydrogens is 358 g/mol. The fraction of sp³-hybridized carbons (Fsp3) is 0.292. The van der Waals surface area contributed by atoms with Gasteiger partial charge >= 0.3 is 0 Å². The van der Waals surface area contributed by atoms with Crippen molar-refractivity contribution in [1.29, 1.82) is 0 Å². The van der Waals surface area contributed by atoms with Gasteiger partial charge in [-0.3, -0.25) is 0 Å². The second-order valence-electron chi connectivity index (χ2n) is 8.62. The molecule has 29 heavy (non-hydrogen) atoms. The highest BCUT2D eigenvalue weighted by atomic mass is 15.2. The number of imidazole rings is 1. The summed E-state index contributed by atoms with van der Waals surface area (Å²) < 4.78 is 1.87. The van der Waals surface area contributed by atoms with Crippen LogP contribution >= 0.6 is 0 Å². The second kappa shape index (κ2) is 6.99. The van der Waals surface area contributed by atoms with E-state index in [4.69, 9.17) is 10.1 Å². The van der Waals surface area contributed by atoms with Crippen molar-refractivity contribution in [1.82, 2.24) is 19.6 Å². The first-order valence-electron chi connectivity index (χ1n) is 10.2. The third kappa shape index (κ3) is 3.60. The lowest BCUT2D eigenvalue weighted by Crippen LogP contribution is -2.23. The maximum Gasteiger partial charge on any atom is 0.157 e. The van der Waals surface area contributed by atoms with E-state index < -0.39 is 0 Å². The minimum absolute atomic E-state index is 0.357. The topological polar surface area (TPSA) is 46.3 Å². The molecule has 1 aliphatic heterocycles. The first-order chi connectivity index (χ1) is 14.1. The van der Waals surface area contributed by atoms with Crippen LogP contribution < -0.4 is 4.90 Å². The summed E-state index contributed by atoms with van der Waals surface area (Å²) in [6.07, 6.45) is 5.64. The van der Waals surface area contributed by atoms with Crippen LogP contribution in [0.25, 0.3) is 16.9 Å². The van der Waals surface area contributed by atoms with Gasteiger partial charge in [-0.2, -0.15) is 5.10 Å². The lowest BCUT2D eigenvalue weighted by atomic mass is 9.93. The van der Waals surface area contributed by atoms with Gasteiger partial charge in [0.05, 0.1) is 5.69 Å². The summed E-state index contributed by atoms with van der Waals surface area (Å²) in [5.74, 6) is 1.07. The van der Waals surface area contributed by atoms with E-state index in [0.29, 0.717) is 5.41 Å². The van der Waals surface area contributed by atoms with Crippen molar-refractivity contribution in [2.24, 2.45) is 5.41 Å². The largest absolute Gasteiger partial charge is 0.356 e. The smallest absolute Gasteiger partial charge is 0.157 e. The van der Waals surface area contributed by atoms with E-state index in [-0.39, 0.29) is 0 Å². The molecule has 0 amide bonds. The molecule has 4 heterocycles. The molecule has 0 radical (unpaired) electrons. The van der Waals surface area contributed by atoms with Crippen LogP contribution in [0.15, 0.2) is 67.0 Å². The minimum atomic E-state index is 0.357. The Kier molecular flexibility index (Phi) is 4.31. The first kappa shape index (κ1) is 17.9. The van der Waals surface area contributed by atoms with Crippen molar-refractivity contribution in [2.75, 3.05) is 18.0 Å². The number of nitrogens with zero attached hydrogens (tertiary/aromatic N) is 5. The van der Waals surface area contributed by atoms with E-state index >= 15 is 0 Å². The Hall–Kier alpha value is -3.21. The summed E-state index contributed by atoms with van der Waals surface area (Å²) in [5, 5.41) is 4.73. The SMILES string of the molecule is CC1(C)CCN(c2cccc(Cc3cc(-c4ccccc4)nn4ccnc34)n2)C1. The van der Waals surface area contributed by atoms with Crippen LogP contribution in [-0.4, -0.2) is 32.7 Å². The molecule has 5 heteroatoms. The number of rotatable bonds is 4. The molecule has 1 saturated heterocycles. The van der Waals surface area contributed by atoms with Crippen LogP contribution in [0, 0.1) is 5.41 Å². The number of aromatic nitrogens is 4. The molecule has 0 aliphatic carbocycles. The second-order valence-corrected chi connectivity index (χ2v) is 8.62. The Morgan fingerprint density at radius 3 is 2.69 bits per heavy atom. The van der Waals surface area contributed by atoms with Gasteiger partial charge in [-0.1, -0.05) is 50.2 Å². The predicted octanol–water partition coefficient (Wildman–Crippen LogP) is 4.62.